The van der Waals surface area contributed by atoms with Crippen molar-refractivity contribution in [3.8, 4) is 5.69 Å². The van der Waals surface area contributed by atoms with Crippen LogP contribution in [0.25, 0.3) is 16.6 Å². The van der Waals surface area contributed by atoms with Crippen LogP contribution in [-0.4, -0.2) is 32.8 Å². The topological polar surface area (TPSA) is 92.1 Å². The molecule has 0 unspecified atom stereocenters. The molecule has 0 radical (unpaired) electrons. The summed E-state index contributed by atoms with van der Waals surface area (Å²) in [4.78, 5) is 24.3. The standard InChI is InChI=1S/C27H25ClF2N4O3S/c1-2-37-27(36)17-5-3-6-20(22(17)29)38-26-18-10-11-19(28)23(30)25(18)34(24(26)15-8-9-15)16-13-32-33(14-16)12-4-7-21(31)35/h3,5-6,10-11,13-15H,2,4,7-9,12H2,1H3,(H2,31,35). The number of hydrogen-bond acceptors (Lipinski definition) is 5. The molecule has 0 atom stereocenters. The van der Waals surface area contributed by atoms with Gasteiger partial charge in [0.2, 0.25) is 5.91 Å². The van der Waals surface area contributed by atoms with E-state index in [0.717, 1.165) is 30.3 Å². The Morgan fingerprint density at radius 2 is 2.00 bits per heavy atom. The van der Waals surface area contributed by atoms with E-state index in [0.29, 0.717) is 28.9 Å². The molecule has 5 rings (SSSR count). The molecule has 0 saturated heterocycles. The molecule has 198 valence electrons. The Morgan fingerprint density at radius 3 is 2.71 bits per heavy atom. The zero-order chi connectivity index (χ0) is 27.0. The summed E-state index contributed by atoms with van der Waals surface area (Å²) >= 11 is 7.36. The van der Waals surface area contributed by atoms with Crippen molar-refractivity contribution in [1.29, 1.82) is 0 Å². The number of halogens is 3. The number of aryl methyl sites for hydroxylation is 1. The maximum absolute atomic E-state index is 15.6. The first kappa shape index (κ1) is 26.2. The minimum absolute atomic E-state index is 0.0283. The number of nitrogens with two attached hydrogens (primary N) is 1. The number of carbonyl (C=O) groups excluding carboxylic acids is 2. The van der Waals surface area contributed by atoms with Gasteiger partial charge in [0.1, 0.15) is 0 Å². The molecule has 1 aliphatic carbocycles. The van der Waals surface area contributed by atoms with E-state index < -0.39 is 17.6 Å². The highest BCUT2D eigenvalue weighted by molar-refractivity contribution is 7.99. The fourth-order valence-corrected chi connectivity index (χ4v) is 5.83. The van der Waals surface area contributed by atoms with Gasteiger partial charge in [-0.05, 0) is 50.5 Å². The molecule has 1 amide bonds. The van der Waals surface area contributed by atoms with Gasteiger partial charge in [-0.3, -0.25) is 9.48 Å². The second-order valence-electron chi connectivity index (χ2n) is 9.05. The van der Waals surface area contributed by atoms with Crippen LogP contribution < -0.4 is 5.73 Å². The lowest BCUT2D eigenvalue weighted by atomic mass is 10.2. The van der Waals surface area contributed by atoms with Crippen LogP contribution in [0.15, 0.2) is 52.5 Å². The molecule has 0 aliphatic heterocycles. The molecule has 38 heavy (non-hydrogen) atoms. The first-order valence-corrected chi connectivity index (χ1v) is 13.5. The highest BCUT2D eigenvalue weighted by atomic mass is 35.5. The summed E-state index contributed by atoms with van der Waals surface area (Å²) in [5.74, 6) is -2.26. The van der Waals surface area contributed by atoms with Crippen LogP contribution in [0.3, 0.4) is 0 Å². The van der Waals surface area contributed by atoms with Gasteiger partial charge in [-0.25, -0.2) is 13.6 Å². The van der Waals surface area contributed by atoms with E-state index in [4.69, 9.17) is 22.1 Å². The number of aromatic nitrogens is 3. The van der Waals surface area contributed by atoms with E-state index in [1.54, 1.807) is 46.8 Å². The van der Waals surface area contributed by atoms with Crippen molar-refractivity contribution in [2.75, 3.05) is 6.61 Å². The normalized spacial score (nSPS) is 13.3. The Kier molecular flexibility index (Phi) is 7.45. The van der Waals surface area contributed by atoms with Crippen molar-refractivity contribution in [2.45, 2.75) is 54.9 Å². The second kappa shape index (κ2) is 10.8. The van der Waals surface area contributed by atoms with Crippen LogP contribution in [0.2, 0.25) is 5.02 Å². The van der Waals surface area contributed by atoms with Crippen LogP contribution in [0.4, 0.5) is 8.78 Å². The molecule has 4 aromatic rings. The third-order valence-corrected chi connectivity index (χ3v) is 7.79. The number of fused-ring (bicyclic) bond motifs is 1. The SMILES string of the molecule is CCOC(=O)c1cccc(Sc2c(C3CC3)n(-c3cnn(CCCC(N)=O)c3)c3c(F)c(Cl)ccc23)c1F. The summed E-state index contributed by atoms with van der Waals surface area (Å²) in [6, 6.07) is 7.79. The summed E-state index contributed by atoms with van der Waals surface area (Å²) < 4.78 is 39.6. The van der Waals surface area contributed by atoms with Gasteiger partial charge < -0.3 is 15.0 Å². The molecule has 1 saturated carbocycles. The number of nitrogens with zero attached hydrogens (tertiary/aromatic N) is 3. The van der Waals surface area contributed by atoms with Crippen LogP contribution in [0.1, 0.15) is 54.6 Å². The predicted octanol–water partition coefficient (Wildman–Crippen LogP) is 6.23. The molecular weight excluding hydrogens is 534 g/mol. The van der Waals surface area contributed by atoms with Crippen molar-refractivity contribution in [2.24, 2.45) is 5.73 Å². The average molecular weight is 559 g/mol. The molecule has 2 aromatic heterocycles. The largest absolute Gasteiger partial charge is 0.462 e. The number of ether oxygens (including phenoxy) is 1. The maximum atomic E-state index is 15.6. The molecule has 0 spiro atoms. The smallest absolute Gasteiger partial charge is 0.341 e. The maximum Gasteiger partial charge on any atom is 0.341 e. The Labute approximate surface area is 226 Å². The van der Waals surface area contributed by atoms with Crippen molar-refractivity contribution in [1.82, 2.24) is 14.3 Å². The lowest BCUT2D eigenvalue weighted by molar-refractivity contribution is -0.118. The molecule has 2 N–H and O–H groups in total. The number of hydrogen-bond donors (Lipinski definition) is 1. The number of carbonyl (C=O) groups is 2. The zero-order valence-corrected chi connectivity index (χ0v) is 22.1. The minimum atomic E-state index is -0.737. The molecule has 7 nitrogen and oxygen atoms in total. The van der Waals surface area contributed by atoms with E-state index >= 15 is 8.78 Å². The molecular formula is C27H25ClF2N4O3S. The van der Waals surface area contributed by atoms with Crippen LogP contribution in [0.5, 0.6) is 0 Å². The minimum Gasteiger partial charge on any atom is -0.462 e. The van der Waals surface area contributed by atoms with Crippen molar-refractivity contribution in [3.63, 3.8) is 0 Å². The highest BCUT2D eigenvalue weighted by Crippen LogP contribution is 2.51. The first-order valence-electron chi connectivity index (χ1n) is 12.3. The van der Waals surface area contributed by atoms with Gasteiger partial charge in [0.25, 0.3) is 0 Å². The highest BCUT2D eigenvalue weighted by Gasteiger charge is 2.35. The van der Waals surface area contributed by atoms with Gasteiger partial charge >= 0.3 is 5.97 Å². The summed E-state index contributed by atoms with van der Waals surface area (Å²) in [5.41, 5.74) is 6.83. The van der Waals surface area contributed by atoms with Crippen molar-refractivity contribution < 1.29 is 23.1 Å². The number of benzene rings is 2. The van der Waals surface area contributed by atoms with E-state index in [1.165, 1.54) is 12.1 Å². The zero-order valence-electron chi connectivity index (χ0n) is 20.5. The molecule has 0 bridgehead atoms. The van der Waals surface area contributed by atoms with E-state index in [-0.39, 0.29) is 45.9 Å². The lowest BCUT2D eigenvalue weighted by Gasteiger charge is -2.11. The van der Waals surface area contributed by atoms with E-state index in [1.807, 2.05) is 0 Å². The summed E-state index contributed by atoms with van der Waals surface area (Å²) in [6.45, 7) is 2.26. The molecule has 2 aromatic carbocycles. The molecule has 11 heteroatoms. The first-order chi connectivity index (χ1) is 18.3. The van der Waals surface area contributed by atoms with Crippen LogP contribution in [-0.2, 0) is 16.1 Å². The molecule has 1 fully saturated rings. The van der Waals surface area contributed by atoms with Gasteiger partial charge in [0.15, 0.2) is 11.6 Å². The third kappa shape index (κ3) is 5.02. The molecule has 2 heterocycles. The fraction of sp³-hybridized carbons (Fsp3) is 0.296. The van der Waals surface area contributed by atoms with Gasteiger partial charge in [0, 0.05) is 46.0 Å². The predicted molar refractivity (Wildman–Crippen MR) is 141 cm³/mol. The second-order valence-corrected chi connectivity index (χ2v) is 10.5. The summed E-state index contributed by atoms with van der Waals surface area (Å²) in [7, 11) is 0. The van der Waals surface area contributed by atoms with Crippen LogP contribution >= 0.6 is 23.4 Å². The monoisotopic (exact) mass is 558 g/mol. The quantitative estimate of drug-likeness (QED) is 0.233. The van der Waals surface area contributed by atoms with Crippen molar-refractivity contribution >= 4 is 46.1 Å². The summed E-state index contributed by atoms with van der Waals surface area (Å²) in [5, 5.41) is 4.95. The van der Waals surface area contributed by atoms with E-state index in [2.05, 4.69) is 5.10 Å². The average Bonchev–Trinajstić information content (AvgIpc) is 3.52. The van der Waals surface area contributed by atoms with Crippen molar-refractivity contribution in [3.05, 3.63) is 70.6 Å². The van der Waals surface area contributed by atoms with E-state index in [9.17, 15) is 9.59 Å². The van der Waals surface area contributed by atoms with Gasteiger partial charge in [-0.2, -0.15) is 5.10 Å². The van der Waals surface area contributed by atoms with Gasteiger partial charge in [-0.1, -0.05) is 29.4 Å². The Hall–Kier alpha value is -3.37. The Bertz CT molecular complexity index is 1550. The van der Waals surface area contributed by atoms with Crippen LogP contribution in [0, 0.1) is 11.6 Å². The Morgan fingerprint density at radius 1 is 1.21 bits per heavy atom. The molecule has 1 aliphatic rings. The lowest BCUT2D eigenvalue weighted by Crippen LogP contribution is -2.11. The number of esters is 1. The third-order valence-electron chi connectivity index (χ3n) is 6.33. The van der Waals surface area contributed by atoms with Gasteiger partial charge in [-0.15, -0.1) is 0 Å². The fourth-order valence-electron chi connectivity index (χ4n) is 4.47. The number of rotatable bonds is 10. The number of amides is 1. The Balaban J connectivity index is 1.64. The number of primary amides is 1. The summed E-state index contributed by atoms with van der Waals surface area (Å²) in [6.07, 6.45) is 5.97. The van der Waals surface area contributed by atoms with Gasteiger partial charge in [0.05, 0.1) is 34.6 Å².